The summed E-state index contributed by atoms with van der Waals surface area (Å²) in [6.07, 6.45) is 1.31. The summed E-state index contributed by atoms with van der Waals surface area (Å²) in [6.45, 7) is 1.85. The molecule has 0 fully saturated rings. The molecule has 0 aliphatic rings. The molecule has 0 saturated heterocycles. The Morgan fingerprint density at radius 1 is 1.04 bits per heavy atom. The van der Waals surface area contributed by atoms with Crippen molar-refractivity contribution in [1.29, 1.82) is 0 Å². The summed E-state index contributed by atoms with van der Waals surface area (Å²) < 4.78 is 6.73. The molecule has 0 radical (unpaired) electrons. The van der Waals surface area contributed by atoms with Gasteiger partial charge in [-0.25, -0.2) is 9.78 Å². The lowest BCUT2D eigenvalue weighted by molar-refractivity contribution is 0.0340. The molecule has 0 aliphatic heterocycles. The molecule has 0 N–H and O–H groups in total. The van der Waals surface area contributed by atoms with Gasteiger partial charge in [0.25, 0.3) is 0 Å². The van der Waals surface area contributed by atoms with Crippen LogP contribution in [0.2, 0.25) is 0 Å². The zero-order chi connectivity index (χ0) is 16.5. The van der Waals surface area contributed by atoms with Crippen LogP contribution in [0.1, 0.15) is 28.4 Å². The maximum absolute atomic E-state index is 12.6. The first-order valence-corrected chi connectivity index (χ1v) is 8.44. The summed E-state index contributed by atoms with van der Waals surface area (Å²) in [5.74, 6) is -0.361. The number of fused-ring (bicyclic) bond motifs is 2. The fourth-order valence-electron chi connectivity index (χ4n) is 2.62. The Morgan fingerprint density at radius 2 is 1.88 bits per heavy atom. The van der Waals surface area contributed by atoms with E-state index >= 15 is 0 Å². The fourth-order valence-corrected chi connectivity index (χ4v) is 3.57. The minimum Gasteiger partial charge on any atom is -0.452 e. The Balaban J connectivity index is 1.63. The molecule has 2 aromatic heterocycles. The van der Waals surface area contributed by atoms with Crippen molar-refractivity contribution in [3.63, 3.8) is 0 Å². The number of benzene rings is 2. The molecule has 5 heteroatoms. The van der Waals surface area contributed by atoms with Gasteiger partial charge < -0.3 is 4.74 Å². The van der Waals surface area contributed by atoms with Gasteiger partial charge in [-0.3, -0.25) is 4.98 Å². The minimum atomic E-state index is -0.401. The third kappa shape index (κ3) is 2.63. The topological polar surface area (TPSA) is 52.1 Å². The van der Waals surface area contributed by atoms with Crippen LogP contribution in [0.4, 0.5) is 0 Å². The summed E-state index contributed by atoms with van der Waals surface area (Å²) in [7, 11) is 0. The Kier molecular flexibility index (Phi) is 3.70. The van der Waals surface area contributed by atoms with Gasteiger partial charge in [0.1, 0.15) is 5.01 Å². The Morgan fingerprint density at radius 3 is 2.75 bits per heavy atom. The van der Waals surface area contributed by atoms with Crippen LogP contribution in [0, 0.1) is 0 Å². The zero-order valence-corrected chi connectivity index (χ0v) is 13.8. The minimum absolute atomic E-state index is 0.361. The third-order valence-corrected chi connectivity index (χ3v) is 5.01. The van der Waals surface area contributed by atoms with Crippen molar-refractivity contribution in [2.24, 2.45) is 0 Å². The van der Waals surface area contributed by atoms with E-state index in [1.54, 1.807) is 23.6 Å². The van der Waals surface area contributed by atoms with E-state index < -0.39 is 6.10 Å². The molecule has 0 amide bonds. The van der Waals surface area contributed by atoms with Crippen LogP contribution >= 0.6 is 11.3 Å². The number of hydrogen-bond donors (Lipinski definition) is 0. The Labute approximate surface area is 142 Å². The summed E-state index contributed by atoms with van der Waals surface area (Å²) >= 11 is 1.55. The van der Waals surface area contributed by atoms with Crippen molar-refractivity contribution in [2.45, 2.75) is 13.0 Å². The molecule has 4 nitrogen and oxygen atoms in total. The van der Waals surface area contributed by atoms with Gasteiger partial charge in [-0.1, -0.05) is 24.3 Å². The lowest BCUT2D eigenvalue weighted by atomic mass is 10.1. The van der Waals surface area contributed by atoms with E-state index in [4.69, 9.17) is 4.74 Å². The molecule has 0 aliphatic carbocycles. The van der Waals surface area contributed by atoms with Crippen molar-refractivity contribution in [3.8, 4) is 0 Å². The van der Waals surface area contributed by atoms with Crippen LogP contribution in [-0.2, 0) is 4.74 Å². The van der Waals surface area contributed by atoms with Crippen molar-refractivity contribution < 1.29 is 9.53 Å². The van der Waals surface area contributed by atoms with Crippen LogP contribution in [0.25, 0.3) is 21.1 Å². The van der Waals surface area contributed by atoms with Gasteiger partial charge in [-0.15, -0.1) is 11.3 Å². The third-order valence-electron chi connectivity index (χ3n) is 3.81. The van der Waals surface area contributed by atoms with Gasteiger partial charge in [0.05, 0.1) is 21.3 Å². The van der Waals surface area contributed by atoms with Gasteiger partial charge >= 0.3 is 5.97 Å². The molecule has 0 saturated carbocycles. The highest BCUT2D eigenvalue weighted by atomic mass is 32.1. The lowest BCUT2D eigenvalue weighted by Crippen LogP contribution is -2.09. The number of carbonyl (C=O) groups excluding carboxylic acids is 1. The van der Waals surface area contributed by atoms with Crippen molar-refractivity contribution in [1.82, 2.24) is 9.97 Å². The van der Waals surface area contributed by atoms with E-state index in [0.717, 1.165) is 26.1 Å². The molecule has 0 spiro atoms. The van der Waals surface area contributed by atoms with E-state index in [2.05, 4.69) is 9.97 Å². The molecule has 1 unspecified atom stereocenters. The predicted octanol–water partition coefficient (Wildman–Crippen LogP) is 4.76. The lowest BCUT2D eigenvalue weighted by Gasteiger charge is -2.11. The second-order valence-electron chi connectivity index (χ2n) is 5.44. The second-order valence-corrected chi connectivity index (χ2v) is 6.51. The highest BCUT2D eigenvalue weighted by Gasteiger charge is 2.19. The van der Waals surface area contributed by atoms with Crippen molar-refractivity contribution >= 4 is 38.4 Å². The van der Waals surface area contributed by atoms with E-state index in [9.17, 15) is 4.79 Å². The first-order chi connectivity index (χ1) is 11.7. The number of esters is 1. The fraction of sp³-hybridized carbons (Fsp3) is 0.105. The molecule has 4 rings (SSSR count). The average molecular weight is 334 g/mol. The van der Waals surface area contributed by atoms with Crippen LogP contribution in [0.15, 0.2) is 60.8 Å². The summed E-state index contributed by atoms with van der Waals surface area (Å²) in [5, 5.41) is 1.59. The van der Waals surface area contributed by atoms with E-state index in [1.807, 2.05) is 55.5 Å². The summed E-state index contributed by atoms with van der Waals surface area (Å²) in [6, 6.07) is 17.0. The average Bonchev–Trinajstić information content (AvgIpc) is 3.05. The number of carbonyl (C=O) groups is 1. The predicted molar refractivity (Wildman–Crippen MR) is 95.2 cm³/mol. The maximum Gasteiger partial charge on any atom is 0.339 e. The quantitative estimate of drug-likeness (QED) is 0.507. The van der Waals surface area contributed by atoms with Gasteiger partial charge in [-0.2, -0.15) is 0 Å². The van der Waals surface area contributed by atoms with E-state index in [1.165, 1.54) is 0 Å². The summed E-state index contributed by atoms with van der Waals surface area (Å²) in [4.78, 5) is 21.4. The van der Waals surface area contributed by atoms with Gasteiger partial charge in [0, 0.05) is 11.6 Å². The molecule has 1 atom stereocenters. The number of aromatic nitrogens is 2. The van der Waals surface area contributed by atoms with Gasteiger partial charge in [0.15, 0.2) is 6.10 Å². The largest absolute Gasteiger partial charge is 0.452 e. The monoisotopic (exact) mass is 334 g/mol. The first-order valence-electron chi connectivity index (χ1n) is 7.62. The number of para-hydroxylation sites is 1. The molecular weight excluding hydrogens is 320 g/mol. The first kappa shape index (κ1) is 14.8. The molecule has 24 heavy (non-hydrogen) atoms. The number of thiazole rings is 1. The SMILES string of the molecule is CC(OC(=O)c1cccc2ncccc12)c1nc2ccccc2s1. The normalized spacial score (nSPS) is 12.4. The van der Waals surface area contributed by atoms with Crippen LogP contribution in [0.5, 0.6) is 0 Å². The summed E-state index contributed by atoms with van der Waals surface area (Å²) in [5.41, 5.74) is 2.22. The molecule has 0 bridgehead atoms. The Bertz CT molecular complexity index is 1000. The smallest absolute Gasteiger partial charge is 0.339 e. The highest BCUT2D eigenvalue weighted by molar-refractivity contribution is 7.18. The van der Waals surface area contributed by atoms with Gasteiger partial charge in [-0.05, 0) is 37.3 Å². The van der Waals surface area contributed by atoms with E-state index in [0.29, 0.717) is 5.56 Å². The number of pyridine rings is 1. The molecular formula is C19H14N2O2S. The van der Waals surface area contributed by atoms with Crippen LogP contribution in [0.3, 0.4) is 0 Å². The molecule has 2 heterocycles. The van der Waals surface area contributed by atoms with Crippen LogP contribution in [-0.4, -0.2) is 15.9 Å². The van der Waals surface area contributed by atoms with Crippen LogP contribution < -0.4 is 0 Å². The maximum atomic E-state index is 12.6. The number of nitrogens with zero attached hydrogens (tertiary/aromatic N) is 2. The van der Waals surface area contributed by atoms with Crippen molar-refractivity contribution in [2.75, 3.05) is 0 Å². The number of ether oxygens (including phenoxy) is 1. The van der Waals surface area contributed by atoms with Gasteiger partial charge in [0.2, 0.25) is 0 Å². The zero-order valence-electron chi connectivity index (χ0n) is 13.0. The van der Waals surface area contributed by atoms with E-state index in [-0.39, 0.29) is 5.97 Å². The number of hydrogen-bond acceptors (Lipinski definition) is 5. The molecule has 4 aromatic rings. The molecule has 118 valence electrons. The Hall–Kier alpha value is -2.79. The standard InChI is InChI=1S/C19H14N2O2S/c1-12(18-21-16-8-2-3-10-17(16)24-18)23-19(22)14-6-4-9-15-13(14)7-5-11-20-15/h2-12H,1H3. The highest BCUT2D eigenvalue weighted by Crippen LogP contribution is 2.29. The second kappa shape index (κ2) is 6.02. The number of rotatable bonds is 3. The van der Waals surface area contributed by atoms with Crippen molar-refractivity contribution in [3.05, 3.63) is 71.4 Å². The molecule has 2 aromatic carbocycles.